The van der Waals surface area contributed by atoms with Gasteiger partial charge in [0.1, 0.15) is 12.1 Å². The SMILES string of the molecule is C[S+]([O-])c1nn(-c2ncc(-c3ccccc3F)cn2)c2cc(C(=O)N3CC[C@@H](N)C3)ccc12. The molecular weight excluding hydrogens is 443 g/mol. The first-order valence-corrected chi connectivity index (χ1v) is 12.0. The van der Waals surface area contributed by atoms with Crippen molar-refractivity contribution in [3.05, 3.63) is 66.2 Å². The van der Waals surface area contributed by atoms with Crippen LogP contribution in [-0.4, -0.2) is 60.5 Å². The minimum atomic E-state index is -1.37. The zero-order chi connectivity index (χ0) is 23.1. The highest BCUT2D eigenvalue weighted by molar-refractivity contribution is 7.90. The lowest BCUT2D eigenvalue weighted by Gasteiger charge is -2.15. The summed E-state index contributed by atoms with van der Waals surface area (Å²) in [4.78, 5) is 23.4. The van der Waals surface area contributed by atoms with E-state index in [4.69, 9.17) is 5.73 Å². The molecule has 1 aliphatic rings. The number of rotatable bonds is 4. The van der Waals surface area contributed by atoms with Crippen LogP contribution in [0.4, 0.5) is 4.39 Å². The van der Waals surface area contributed by atoms with Gasteiger partial charge in [0.25, 0.3) is 16.9 Å². The third-order valence-corrected chi connectivity index (χ3v) is 6.54. The molecule has 8 nitrogen and oxygen atoms in total. The van der Waals surface area contributed by atoms with Crippen molar-refractivity contribution in [2.75, 3.05) is 19.3 Å². The number of likely N-dealkylation sites (tertiary alicyclic amines) is 1. The van der Waals surface area contributed by atoms with Crippen molar-refractivity contribution in [2.24, 2.45) is 5.73 Å². The Morgan fingerprint density at radius 2 is 1.97 bits per heavy atom. The molecule has 1 unspecified atom stereocenters. The fourth-order valence-electron chi connectivity index (χ4n) is 4.00. The second-order valence-electron chi connectivity index (χ2n) is 7.95. The standard InChI is InChI=1S/C23H21FN6O2S/c1-33(32)21-18-7-6-14(22(31)29-9-8-16(25)13-29)10-20(18)30(28-21)23-26-11-15(12-27-23)17-4-2-3-5-19(17)24/h2-7,10-12,16H,8-9,13,25H2,1H3/t16-,33?/m1/s1. The van der Waals surface area contributed by atoms with Gasteiger partial charge in [0, 0.05) is 59.4 Å². The summed E-state index contributed by atoms with van der Waals surface area (Å²) in [6.07, 6.45) is 5.33. The third-order valence-electron chi connectivity index (χ3n) is 5.69. The summed E-state index contributed by atoms with van der Waals surface area (Å²) < 4.78 is 27.9. The van der Waals surface area contributed by atoms with Gasteiger partial charge < -0.3 is 15.2 Å². The predicted octanol–water partition coefficient (Wildman–Crippen LogP) is 2.53. The summed E-state index contributed by atoms with van der Waals surface area (Å²) in [5.74, 6) is -0.260. The first kappa shape index (κ1) is 21.5. The number of hydrogen-bond acceptors (Lipinski definition) is 6. The van der Waals surface area contributed by atoms with Crippen molar-refractivity contribution in [2.45, 2.75) is 17.5 Å². The minimum Gasteiger partial charge on any atom is -0.610 e. The van der Waals surface area contributed by atoms with Gasteiger partial charge in [-0.3, -0.25) is 4.79 Å². The van der Waals surface area contributed by atoms with Crippen molar-refractivity contribution in [3.8, 4) is 17.1 Å². The van der Waals surface area contributed by atoms with Crippen LogP contribution in [0.5, 0.6) is 0 Å². The van der Waals surface area contributed by atoms with E-state index in [1.807, 2.05) is 0 Å². The maximum Gasteiger partial charge on any atom is 0.271 e. The molecule has 1 amide bonds. The first-order chi connectivity index (χ1) is 15.9. The van der Waals surface area contributed by atoms with Crippen LogP contribution in [0, 0.1) is 5.82 Å². The highest BCUT2D eigenvalue weighted by Crippen LogP contribution is 2.27. The van der Waals surface area contributed by atoms with Gasteiger partial charge in [-0.05, 0) is 30.7 Å². The quantitative estimate of drug-likeness (QED) is 0.465. The normalized spacial score (nSPS) is 17.0. The number of fused-ring (bicyclic) bond motifs is 1. The number of aromatic nitrogens is 4. The van der Waals surface area contributed by atoms with Crippen LogP contribution in [0.2, 0.25) is 0 Å². The molecule has 1 aliphatic heterocycles. The molecule has 2 aromatic carbocycles. The lowest BCUT2D eigenvalue weighted by molar-refractivity contribution is 0.0791. The number of carbonyl (C=O) groups excluding carboxylic acids is 1. The van der Waals surface area contributed by atoms with E-state index in [-0.39, 0.29) is 23.7 Å². The summed E-state index contributed by atoms with van der Waals surface area (Å²) in [5, 5.41) is 5.48. The van der Waals surface area contributed by atoms with Gasteiger partial charge in [0.2, 0.25) is 0 Å². The number of amides is 1. The zero-order valence-corrected chi connectivity index (χ0v) is 18.6. The van der Waals surface area contributed by atoms with Gasteiger partial charge in [0.05, 0.1) is 10.9 Å². The van der Waals surface area contributed by atoms with Crippen molar-refractivity contribution in [3.63, 3.8) is 0 Å². The average molecular weight is 465 g/mol. The molecule has 2 aromatic heterocycles. The van der Waals surface area contributed by atoms with Crippen LogP contribution in [-0.2, 0) is 11.2 Å². The van der Waals surface area contributed by atoms with Crippen molar-refractivity contribution < 1.29 is 13.7 Å². The topological polar surface area (TPSA) is 113 Å². The van der Waals surface area contributed by atoms with E-state index in [1.54, 1.807) is 47.6 Å². The number of hydrogen-bond donors (Lipinski definition) is 1. The van der Waals surface area contributed by atoms with Crippen LogP contribution in [0.3, 0.4) is 0 Å². The highest BCUT2D eigenvalue weighted by Gasteiger charge is 2.26. The Labute approximate surface area is 192 Å². The van der Waals surface area contributed by atoms with Crippen LogP contribution < -0.4 is 5.73 Å². The first-order valence-electron chi connectivity index (χ1n) is 10.4. The van der Waals surface area contributed by atoms with Gasteiger partial charge in [-0.2, -0.15) is 4.68 Å². The molecule has 0 radical (unpaired) electrons. The summed E-state index contributed by atoms with van der Waals surface area (Å²) in [6.45, 7) is 1.13. The smallest absolute Gasteiger partial charge is 0.271 e. The Balaban J connectivity index is 1.57. The fourth-order valence-corrected chi connectivity index (χ4v) is 4.68. The summed E-state index contributed by atoms with van der Waals surface area (Å²) in [6, 6.07) is 11.5. The molecule has 4 aromatic rings. The van der Waals surface area contributed by atoms with Crippen molar-refractivity contribution >= 4 is 28.0 Å². The van der Waals surface area contributed by atoms with E-state index >= 15 is 0 Å². The van der Waals surface area contributed by atoms with E-state index < -0.39 is 11.2 Å². The lowest BCUT2D eigenvalue weighted by atomic mass is 10.1. The molecule has 0 spiro atoms. The molecule has 2 atom stereocenters. The lowest BCUT2D eigenvalue weighted by Crippen LogP contribution is -2.31. The Hall–Kier alpha value is -3.34. The Morgan fingerprint density at radius 1 is 1.21 bits per heavy atom. The molecule has 0 aliphatic carbocycles. The molecule has 0 bridgehead atoms. The summed E-state index contributed by atoms with van der Waals surface area (Å²) in [7, 11) is 0. The molecule has 2 N–H and O–H groups in total. The Kier molecular flexibility index (Phi) is 5.57. The molecular formula is C23H21FN6O2S. The molecule has 1 saturated heterocycles. The second-order valence-corrected chi connectivity index (χ2v) is 9.25. The third kappa shape index (κ3) is 3.97. The number of nitrogens with zero attached hydrogens (tertiary/aromatic N) is 5. The van der Waals surface area contributed by atoms with Crippen LogP contribution in [0.15, 0.2) is 59.9 Å². The molecule has 1 fully saturated rings. The van der Waals surface area contributed by atoms with E-state index in [0.29, 0.717) is 45.7 Å². The number of carbonyl (C=O) groups is 1. The molecule has 10 heteroatoms. The molecule has 168 valence electrons. The number of nitrogens with two attached hydrogens (primary N) is 1. The second kappa shape index (κ2) is 8.54. The summed E-state index contributed by atoms with van der Waals surface area (Å²) >= 11 is -1.37. The van der Waals surface area contributed by atoms with E-state index in [1.165, 1.54) is 23.1 Å². The van der Waals surface area contributed by atoms with E-state index in [2.05, 4.69) is 15.1 Å². The largest absolute Gasteiger partial charge is 0.610 e. The van der Waals surface area contributed by atoms with Crippen LogP contribution >= 0.6 is 0 Å². The average Bonchev–Trinajstić information content (AvgIpc) is 3.42. The molecule has 33 heavy (non-hydrogen) atoms. The Bertz CT molecular complexity index is 1340. The highest BCUT2D eigenvalue weighted by atomic mass is 32.2. The zero-order valence-electron chi connectivity index (χ0n) is 17.8. The fraction of sp³-hybridized carbons (Fsp3) is 0.217. The number of benzene rings is 2. The molecule has 3 heterocycles. The van der Waals surface area contributed by atoms with Crippen LogP contribution in [0.1, 0.15) is 16.8 Å². The van der Waals surface area contributed by atoms with Gasteiger partial charge in [0.15, 0.2) is 0 Å². The summed E-state index contributed by atoms with van der Waals surface area (Å²) in [5.41, 5.74) is 7.91. The molecule has 0 saturated carbocycles. The predicted molar refractivity (Wildman–Crippen MR) is 123 cm³/mol. The van der Waals surface area contributed by atoms with Crippen molar-refractivity contribution in [1.29, 1.82) is 0 Å². The van der Waals surface area contributed by atoms with Gasteiger partial charge in [-0.1, -0.05) is 18.2 Å². The molecule has 5 rings (SSSR count). The maximum atomic E-state index is 14.1. The van der Waals surface area contributed by atoms with Gasteiger partial charge >= 0.3 is 0 Å². The number of halogens is 1. The Morgan fingerprint density at radius 3 is 2.64 bits per heavy atom. The van der Waals surface area contributed by atoms with E-state index in [9.17, 15) is 13.7 Å². The van der Waals surface area contributed by atoms with Crippen LogP contribution in [0.25, 0.3) is 28.0 Å². The van der Waals surface area contributed by atoms with Gasteiger partial charge in [-0.25, -0.2) is 14.4 Å². The van der Waals surface area contributed by atoms with Crippen molar-refractivity contribution in [1.82, 2.24) is 24.6 Å². The van der Waals surface area contributed by atoms with E-state index in [0.717, 1.165) is 6.42 Å². The monoisotopic (exact) mass is 464 g/mol. The maximum absolute atomic E-state index is 14.1. The van der Waals surface area contributed by atoms with Gasteiger partial charge in [-0.15, -0.1) is 5.10 Å². The minimum absolute atomic E-state index is 0.0151.